The molecule has 0 unspecified atom stereocenters. The fourth-order valence-electron chi connectivity index (χ4n) is 2.11. The molecule has 21 heavy (non-hydrogen) atoms. The summed E-state index contributed by atoms with van der Waals surface area (Å²) in [5.41, 5.74) is 9.03. The van der Waals surface area contributed by atoms with E-state index in [1.807, 2.05) is 38.1 Å². The van der Waals surface area contributed by atoms with Crippen molar-refractivity contribution in [1.29, 1.82) is 0 Å². The van der Waals surface area contributed by atoms with Gasteiger partial charge in [0.05, 0.1) is 5.69 Å². The molecule has 0 spiro atoms. The number of aromatic nitrogens is 1. The zero-order valence-electron chi connectivity index (χ0n) is 11.8. The van der Waals surface area contributed by atoms with Gasteiger partial charge in [-0.05, 0) is 37.6 Å². The van der Waals surface area contributed by atoms with E-state index in [4.69, 9.17) is 10.2 Å². The number of pyridine rings is 1. The van der Waals surface area contributed by atoms with Crippen LogP contribution in [0.5, 0.6) is 0 Å². The molecule has 5 heteroatoms. The monoisotopic (exact) mass is 281 g/mol. The maximum atomic E-state index is 12.2. The first kappa shape index (κ1) is 13.2. The highest BCUT2D eigenvalue weighted by Gasteiger charge is 2.19. The van der Waals surface area contributed by atoms with E-state index in [9.17, 15) is 4.79 Å². The summed E-state index contributed by atoms with van der Waals surface area (Å²) in [6, 6.07) is 9.22. The first-order valence-electron chi connectivity index (χ1n) is 6.57. The van der Waals surface area contributed by atoms with Gasteiger partial charge in [0.25, 0.3) is 5.91 Å². The van der Waals surface area contributed by atoms with Gasteiger partial charge in [0.1, 0.15) is 11.4 Å². The predicted octanol–water partition coefficient (Wildman–Crippen LogP) is 3.28. The number of nitrogens with one attached hydrogen (secondary N) is 1. The molecule has 3 aromatic rings. The van der Waals surface area contributed by atoms with Gasteiger partial charge in [-0.2, -0.15) is 0 Å². The van der Waals surface area contributed by atoms with Crippen LogP contribution in [0.4, 0.5) is 11.5 Å². The Kier molecular flexibility index (Phi) is 3.10. The lowest BCUT2D eigenvalue weighted by Crippen LogP contribution is -2.13. The van der Waals surface area contributed by atoms with Crippen molar-refractivity contribution in [3.63, 3.8) is 0 Å². The minimum absolute atomic E-state index is 0.109. The van der Waals surface area contributed by atoms with Crippen molar-refractivity contribution >= 4 is 28.4 Å². The van der Waals surface area contributed by atoms with Crippen LogP contribution in [0.2, 0.25) is 0 Å². The quantitative estimate of drug-likeness (QED) is 0.755. The highest BCUT2D eigenvalue weighted by molar-refractivity contribution is 6.10. The molecule has 2 heterocycles. The average Bonchev–Trinajstić information content (AvgIpc) is 2.79. The third-order valence-corrected chi connectivity index (χ3v) is 3.24. The number of rotatable bonds is 2. The fourth-order valence-corrected chi connectivity index (χ4v) is 2.11. The molecular weight excluding hydrogens is 266 g/mol. The number of nitrogens with two attached hydrogens (primary N) is 1. The summed E-state index contributed by atoms with van der Waals surface area (Å²) < 4.78 is 5.55. The van der Waals surface area contributed by atoms with Crippen molar-refractivity contribution in [2.45, 2.75) is 13.8 Å². The standard InChI is InChI=1S/C16H15N3O2/c1-9-3-5-12-11(7-9)14(17)15(21-12)16(20)19-13-6-4-10(2)8-18-13/h3-8H,17H2,1-2H3,(H,18,19,20). The third-order valence-electron chi connectivity index (χ3n) is 3.24. The van der Waals surface area contributed by atoms with Crippen LogP contribution in [0, 0.1) is 13.8 Å². The Balaban J connectivity index is 1.94. The molecule has 0 saturated heterocycles. The Morgan fingerprint density at radius 2 is 1.95 bits per heavy atom. The van der Waals surface area contributed by atoms with Gasteiger partial charge in [0.2, 0.25) is 5.76 Å². The summed E-state index contributed by atoms with van der Waals surface area (Å²) in [6.45, 7) is 3.89. The number of carbonyl (C=O) groups excluding carboxylic acids is 1. The second kappa shape index (κ2) is 4.94. The van der Waals surface area contributed by atoms with Crippen molar-refractivity contribution in [3.05, 3.63) is 53.4 Å². The molecule has 1 aromatic carbocycles. The number of fused-ring (bicyclic) bond motifs is 1. The van der Waals surface area contributed by atoms with Crippen LogP contribution in [0.15, 0.2) is 40.9 Å². The lowest BCUT2D eigenvalue weighted by atomic mass is 10.1. The average molecular weight is 281 g/mol. The lowest BCUT2D eigenvalue weighted by Gasteiger charge is -2.02. The Hall–Kier alpha value is -2.82. The zero-order valence-corrected chi connectivity index (χ0v) is 11.8. The molecule has 0 aliphatic carbocycles. The molecule has 0 aliphatic heterocycles. The van der Waals surface area contributed by atoms with Crippen molar-refractivity contribution in [1.82, 2.24) is 4.98 Å². The van der Waals surface area contributed by atoms with Crippen molar-refractivity contribution < 1.29 is 9.21 Å². The van der Waals surface area contributed by atoms with Crippen molar-refractivity contribution in [2.75, 3.05) is 11.1 Å². The second-order valence-electron chi connectivity index (χ2n) is 5.02. The molecular formula is C16H15N3O2. The number of carbonyl (C=O) groups is 1. The Morgan fingerprint density at radius 3 is 2.67 bits per heavy atom. The molecule has 2 aromatic heterocycles. The molecule has 0 saturated carbocycles. The maximum absolute atomic E-state index is 12.2. The van der Waals surface area contributed by atoms with Gasteiger partial charge < -0.3 is 15.5 Å². The summed E-state index contributed by atoms with van der Waals surface area (Å²) in [5, 5.41) is 3.43. The van der Waals surface area contributed by atoms with Crippen molar-refractivity contribution in [2.24, 2.45) is 0 Å². The van der Waals surface area contributed by atoms with Crippen LogP contribution in [0.3, 0.4) is 0 Å². The minimum atomic E-state index is -0.405. The van der Waals surface area contributed by atoms with Crippen LogP contribution in [-0.2, 0) is 0 Å². The van der Waals surface area contributed by atoms with Gasteiger partial charge in [0, 0.05) is 11.6 Å². The number of hydrogen-bond acceptors (Lipinski definition) is 4. The summed E-state index contributed by atoms with van der Waals surface area (Å²) in [7, 11) is 0. The predicted molar refractivity (Wildman–Crippen MR) is 82.3 cm³/mol. The number of aryl methyl sites for hydroxylation is 2. The Labute approximate surface area is 121 Å². The molecule has 0 bridgehead atoms. The number of furan rings is 1. The number of benzene rings is 1. The number of anilines is 2. The van der Waals surface area contributed by atoms with E-state index in [0.717, 1.165) is 16.5 Å². The number of nitrogen functional groups attached to an aromatic ring is 1. The molecule has 5 nitrogen and oxygen atoms in total. The first-order chi connectivity index (χ1) is 10.0. The Bertz CT molecular complexity index is 819. The molecule has 106 valence electrons. The van der Waals surface area contributed by atoms with Gasteiger partial charge in [0.15, 0.2) is 0 Å². The van der Waals surface area contributed by atoms with Crippen LogP contribution in [-0.4, -0.2) is 10.9 Å². The molecule has 0 fully saturated rings. The maximum Gasteiger partial charge on any atom is 0.294 e. The van der Waals surface area contributed by atoms with Gasteiger partial charge >= 0.3 is 0 Å². The lowest BCUT2D eigenvalue weighted by molar-refractivity contribution is 0.0999. The van der Waals surface area contributed by atoms with Gasteiger partial charge in [-0.15, -0.1) is 0 Å². The summed E-state index contributed by atoms with van der Waals surface area (Å²) in [6.07, 6.45) is 1.68. The number of amides is 1. The molecule has 0 radical (unpaired) electrons. The number of nitrogens with zero attached hydrogens (tertiary/aromatic N) is 1. The van der Waals surface area contributed by atoms with E-state index in [0.29, 0.717) is 17.1 Å². The summed E-state index contributed by atoms with van der Waals surface area (Å²) in [4.78, 5) is 16.4. The van der Waals surface area contributed by atoms with Gasteiger partial charge in [-0.3, -0.25) is 4.79 Å². The highest BCUT2D eigenvalue weighted by atomic mass is 16.3. The molecule has 3 N–H and O–H groups in total. The number of hydrogen-bond donors (Lipinski definition) is 2. The minimum Gasteiger partial charge on any atom is -0.449 e. The first-order valence-corrected chi connectivity index (χ1v) is 6.57. The van der Waals surface area contributed by atoms with Crippen LogP contribution in [0.1, 0.15) is 21.7 Å². The van der Waals surface area contributed by atoms with E-state index in [2.05, 4.69) is 10.3 Å². The SMILES string of the molecule is Cc1ccc(NC(=O)c2oc3ccc(C)cc3c2N)nc1. The second-order valence-corrected chi connectivity index (χ2v) is 5.02. The van der Waals surface area contributed by atoms with E-state index >= 15 is 0 Å². The van der Waals surface area contributed by atoms with Crippen LogP contribution < -0.4 is 11.1 Å². The summed E-state index contributed by atoms with van der Waals surface area (Å²) in [5.74, 6) is 0.164. The largest absolute Gasteiger partial charge is 0.449 e. The molecule has 1 amide bonds. The van der Waals surface area contributed by atoms with Gasteiger partial charge in [-0.1, -0.05) is 17.7 Å². The molecule has 3 rings (SSSR count). The third kappa shape index (κ3) is 2.45. The van der Waals surface area contributed by atoms with Crippen LogP contribution in [0.25, 0.3) is 11.0 Å². The smallest absolute Gasteiger partial charge is 0.294 e. The highest BCUT2D eigenvalue weighted by Crippen LogP contribution is 2.29. The summed E-state index contributed by atoms with van der Waals surface area (Å²) >= 11 is 0. The van der Waals surface area contributed by atoms with E-state index < -0.39 is 5.91 Å². The van der Waals surface area contributed by atoms with E-state index in [1.54, 1.807) is 12.3 Å². The zero-order chi connectivity index (χ0) is 15.0. The van der Waals surface area contributed by atoms with E-state index in [-0.39, 0.29) is 5.76 Å². The fraction of sp³-hybridized carbons (Fsp3) is 0.125. The van der Waals surface area contributed by atoms with E-state index in [1.165, 1.54) is 0 Å². The van der Waals surface area contributed by atoms with Gasteiger partial charge in [-0.25, -0.2) is 4.98 Å². The molecule has 0 atom stereocenters. The Morgan fingerprint density at radius 1 is 1.19 bits per heavy atom. The molecule has 0 aliphatic rings. The van der Waals surface area contributed by atoms with Crippen LogP contribution >= 0.6 is 0 Å². The normalized spacial score (nSPS) is 10.8. The topological polar surface area (TPSA) is 81.2 Å². The van der Waals surface area contributed by atoms with Crippen molar-refractivity contribution in [3.8, 4) is 0 Å².